The Morgan fingerprint density at radius 3 is 2.33 bits per heavy atom. The van der Waals surface area contributed by atoms with Gasteiger partial charge in [-0.2, -0.15) is 0 Å². The lowest BCUT2D eigenvalue weighted by Gasteiger charge is -2.36. The lowest BCUT2D eigenvalue weighted by atomic mass is 9.86. The highest BCUT2D eigenvalue weighted by Gasteiger charge is 2.64. The third-order valence-corrected chi connectivity index (χ3v) is 7.39. The summed E-state index contributed by atoms with van der Waals surface area (Å²) in [5.41, 5.74) is 2.71. The Morgan fingerprint density at radius 2 is 1.58 bits per heavy atom. The molecule has 0 spiro atoms. The summed E-state index contributed by atoms with van der Waals surface area (Å²) in [6.45, 7) is 1.70. The molecule has 0 radical (unpaired) electrons. The van der Waals surface area contributed by atoms with Crippen LogP contribution < -0.4 is 9.80 Å². The van der Waals surface area contributed by atoms with Gasteiger partial charge in [-0.05, 0) is 24.1 Å². The number of benzene rings is 3. The average molecular weight is 479 g/mol. The number of fused-ring (bicyclic) bond motifs is 5. The van der Waals surface area contributed by atoms with E-state index in [0.717, 1.165) is 16.2 Å². The van der Waals surface area contributed by atoms with Crippen LogP contribution >= 0.6 is 0 Å². The van der Waals surface area contributed by atoms with Gasteiger partial charge in [0.1, 0.15) is 6.04 Å². The summed E-state index contributed by atoms with van der Waals surface area (Å²) in [5.74, 6) is -2.92. The van der Waals surface area contributed by atoms with E-state index >= 15 is 0 Å². The van der Waals surface area contributed by atoms with Gasteiger partial charge in [-0.1, -0.05) is 66.7 Å². The van der Waals surface area contributed by atoms with Crippen LogP contribution in [0.1, 0.15) is 21.5 Å². The number of nitro groups is 1. The molecular formula is C28H21N3O5. The van der Waals surface area contributed by atoms with E-state index in [4.69, 9.17) is 0 Å². The van der Waals surface area contributed by atoms with Crippen molar-refractivity contribution in [3.63, 3.8) is 0 Å². The molecule has 2 saturated heterocycles. The summed E-state index contributed by atoms with van der Waals surface area (Å²) >= 11 is 0. The van der Waals surface area contributed by atoms with Crippen LogP contribution in [-0.4, -0.2) is 34.6 Å². The first kappa shape index (κ1) is 21.9. The van der Waals surface area contributed by atoms with Gasteiger partial charge in [0.05, 0.1) is 28.5 Å². The molecule has 3 aliphatic heterocycles. The van der Waals surface area contributed by atoms with Gasteiger partial charge >= 0.3 is 0 Å². The highest BCUT2D eigenvalue weighted by Crippen LogP contribution is 2.50. The predicted molar refractivity (Wildman–Crippen MR) is 134 cm³/mol. The van der Waals surface area contributed by atoms with Crippen molar-refractivity contribution in [3.05, 3.63) is 106 Å². The zero-order chi connectivity index (χ0) is 25.1. The third-order valence-electron chi connectivity index (χ3n) is 7.39. The first-order valence-corrected chi connectivity index (χ1v) is 11.7. The van der Waals surface area contributed by atoms with Crippen molar-refractivity contribution in [2.45, 2.75) is 19.0 Å². The Hall–Kier alpha value is -4.59. The van der Waals surface area contributed by atoms with Crippen molar-refractivity contribution >= 4 is 40.7 Å². The van der Waals surface area contributed by atoms with Crippen molar-refractivity contribution in [2.75, 3.05) is 9.80 Å². The van der Waals surface area contributed by atoms with Gasteiger partial charge in [0.2, 0.25) is 11.8 Å². The number of anilines is 2. The molecule has 8 heteroatoms. The quantitative estimate of drug-likeness (QED) is 0.241. The predicted octanol–water partition coefficient (Wildman–Crippen LogP) is 4.18. The molecule has 2 fully saturated rings. The maximum absolute atomic E-state index is 14.0. The van der Waals surface area contributed by atoms with Crippen LogP contribution in [0.25, 0.3) is 6.08 Å². The summed E-state index contributed by atoms with van der Waals surface area (Å²) in [7, 11) is 0. The number of imide groups is 1. The fraction of sp³-hybridized carbons (Fsp3) is 0.179. The molecule has 3 aromatic carbocycles. The first-order valence-electron chi connectivity index (χ1n) is 11.7. The fourth-order valence-electron chi connectivity index (χ4n) is 5.78. The van der Waals surface area contributed by atoms with Crippen LogP contribution in [0.3, 0.4) is 0 Å². The van der Waals surface area contributed by atoms with E-state index in [9.17, 15) is 24.5 Å². The van der Waals surface area contributed by atoms with Crippen LogP contribution in [0.5, 0.6) is 0 Å². The molecule has 2 amide bonds. The topological polar surface area (TPSA) is 101 Å². The number of amides is 2. The summed E-state index contributed by atoms with van der Waals surface area (Å²) < 4.78 is 0. The van der Waals surface area contributed by atoms with Gasteiger partial charge in [0, 0.05) is 23.4 Å². The minimum absolute atomic E-state index is 0.186. The maximum atomic E-state index is 14.0. The monoisotopic (exact) mass is 479 g/mol. The van der Waals surface area contributed by atoms with E-state index in [1.807, 2.05) is 47.4 Å². The molecule has 0 unspecified atom stereocenters. The number of nitro benzene ring substituents is 1. The SMILES string of the molecule is Cc1ccc([N+](=O)[O-])cc1N1C(=O)[C@@H]2[C@@H](C1=O)[C@@H](C(=O)c1ccccc1)N1c3ccccc3C=C[C@H]21. The van der Waals surface area contributed by atoms with E-state index in [1.54, 1.807) is 31.2 Å². The van der Waals surface area contributed by atoms with E-state index < -0.39 is 40.7 Å². The molecule has 4 atom stereocenters. The van der Waals surface area contributed by atoms with Crippen molar-refractivity contribution in [1.29, 1.82) is 0 Å². The van der Waals surface area contributed by atoms with Crippen LogP contribution in [0, 0.1) is 28.9 Å². The maximum Gasteiger partial charge on any atom is 0.271 e. The zero-order valence-electron chi connectivity index (χ0n) is 19.3. The lowest BCUT2D eigenvalue weighted by molar-refractivity contribution is -0.384. The normalized spacial score (nSPS) is 23.9. The fourth-order valence-corrected chi connectivity index (χ4v) is 5.78. The third kappa shape index (κ3) is 3.04. The molecular weight excluding hydrogens is 458 g/mol. The Bertz CT molecular complexity index is 1480. The Kier molecular flexibility index (Phi) is 4.86. The summed E-state index contributed by atoms with van der Waals surface area (Å²) in [5, 5.41) is 11.4. The molecule has 8 nitrogen and oxygen atoms in total. The second-order valence-electron chi connectivity index (χ2n) is 9.28. The Morgan fingerprint density at radius 1 is 0.889 bits per heavy atom. The molecule has 6 rings (SSSR count). The number of Topliss-reactive ketones (excluding diaryl/α,β-unsaturated/α-hetero) is 1. The van der Waals surface area contributed by atoms with Crippen molar-refractivity contribution in [1.82, 2.24) is 0 Å². The summed E-state index contributed by atoms with van der Waals surface area (Å²) in [4.78, 5) is 55.6. The van der Waals surface area contributed by atoms with E-state index in [-0.39, 0.29) is 17.2 Å². The van der Waals surface area contributed by atoms with Crippen LogP contribution in [0.4, 0.5) is 17.1 Å². The van der Waals surface area contributed by atoms with Gasteiger partial charge in [0.15, 0.2) is 5.78 Å². The van der Waals surface area contributed by atoms with Crippen LogP contribution in [-0.2, 0) is 9.59 Å². The number of para-hydroxylation sites is 1. The highest BCUT2D eigenvalue weighted by molar-refractivity contribution is 6.26. The van der Waals surface area contributed by atoms with Gasteiger partial charge in [-0.3, -0.25) is 24.5 Å². The molecule has 0 N–H and O–H groups in total. The lowest BCUT2D eigenvalue weighted by Crippen LogP contribution is -2.49. The Balaban J connectivity index is 1.50. The largest absolute Gasteiger partial charge is 0.352 e. The highest BCUT2D eigenvalue weighted by atomic mass is 16.6. The number of non-ortho nitro benzene ring substituents is 1. The zero-order valence-corrected chi connectivity index (χ0v) is 19.3. The minimum atomic E-state index is -0.926. The molecule has 178 valence electrons. The van der Waals surface area contributed by atoms with Crippen molar-refractivity contribution < 1.29 is 19.3 Å². The smallest absolute Gasteiger partial charge is 0.271 e. The number of aryl methyl sites for hydroxylation is 1. The number of ketones is 1. The van der Waals surface area contributed by atoms with Crippen molar-refractivity contribution in [2.24, 2.45) is 11.8 Å². The molecule has 0 aliphatic carbocycles. The van der Waals surface area contributed by atoms with Crippen molar-refractivity contribution in [3.8, 4) is 0 Å². The van der Waals surface area contributed by atoms with E-state index in [2.05, 4.69) is 0 Å². The molecule has 3 aliphatic rings. The second kappa shape index (κ2) is 7.98. The number of hydrogen-bond acceptors (Lipinski definition) is 6. The number of carbonyl (C=O) groups is 3. The standard InChI is InChI=1S/C28H21N3O5/c1-16-11-13-19(31(35)36)15-22(16)30-27(33)23-21-14-12-17-7-5-6-10-20(17)29(21)25(24(23)28(30)34)26(32)18-8-3-2-4-9-18/h2-15,21,23-25H,1H3/t21-,23+,24-,25+/m1/s1. The average Bonchev–Trinajstić information content (AvgIpc) is 3.37. The molecule has 3 aromatic rings. The van der Waals surface area contributed by atoms with Crippen LogP contribution in [0.15, 0.2) is 78.9 Å². The van der Waals surface area contributed by atoms with E-state index in [1.165, 1.54) is 18.2 Å². The van der Waals surface area contributed by atoms with Gasteiger partial charge in [0.25, 0.3) is 5.69 Å². The second-order valence-corrected chi connectivity index (χ2v) is 9.28. The number of carbonyl (C=O) groups excluding carboxylic acids is 3. The number of rotatable bonds is 4. The molecule has 0 aromatic heterocycles. The van der Waals surface area contributed by atoms with Gasteiger partial charge in [-0.25, -0.2) is 4.90 Å². The summed E-state index contributed by atoms with van der Waals surface area (Å²) in [6.07, 6.45) is 3.80. The van der Waals surface area contributed by atoms with Gasteiger partial charge < -0.3 is 4.90 Å². The first-order chi connectivity index (χ1) is 17.4. The summed E-state index contributed by atoms with van der Waals surface area (Å²) in [6, 6.07) is 19.1. The number of hydrogen-bond donors (Lipinski definition) is 0. The number of nitrogens with zero attached hydrogens (tertiary/aromatic N) is 3. The molecule has 0 bridgehead atoms. The Labute approximate surface area is 206 Å². The minimum Gasteiger partial charge on any atom is -0.352 e. The molecule has 36 heavy (non-hydrogen) atoms. The molecule has 3 heterocycles. The van der Waals surface area contributed by atoms with Crippen LogP contribution in [0.2, 0.25) is 0 Å². The van der Waals surface area contributed by atoms with E-state index in [0.29, 0.717) is 11.1 Å². The molecule has 0 saturated carbocycles. The van der Waals surface area contributed by atoms with Gasteiger partial charge in [-0.15, -0.1) is 0 Å².